The van der Waals surface area contributed by atoms with Crippen molar-refractivity contribution in [3.05, 3.63) is 10.5 Å². The predicted octanol–water partition coefficient (Wildman–Crippen LogP) is 0.273. The van der Waals surface area contributed by atoms with Crippen molar-refractivity contribution in [1.82, 2.24) is 14.0 Å². The van der Waals surface area contributed by atoms with E-state index < -0.39 is 8.24 Å². The van der Waals surface area contributed by atoms with Crippen LogP contribution in [0.5, 0.6) is 6.01 Å². The number of nitrogens with zero attached hydrogens (tertiary/aromatic N) is 3. The molecule has 0 amide bonds. The van der Waals surface area contributed by atoms with Crippen LogP contribution in [0.15, 0.2) is 4.79 Å². The number of aromatic nitrogens is 3. The van der Waals surface area contributed by atoms with Crippen LogP contribution < -0.4 is 10.4 Å². The molecule has 1 rings (SSSR count). The van der Waals surface area contributed by atoms with Crippen molar-refractivity contribution in [2.24, 2.45) is 7.05 Å². The lowest BCUT2D eigenvalue weighted by Gasteiger charge is -2.13. The van der Waals surface area contributed by atoms with E-state index in [0.29, 0.717) is 6.01 Å². The van der Waals surface area contributed by atoms with Crippen LogP contribution in [0.3, 0.4) is 0 Å². The van der Waals surface area contributed by atoms with E-state index in [1.165, 1.54) is 11.7 Å². The minimum absolute atomic E-state index is 0.101. The van der Waals surface area contributed by atoms with Crippen molar-refractivity contribution in [2.45, 2.75) is 19.6 Å². The van der Waals surface area contributed by atoms with Crippen LogP contribution in [0.2, 0.25) is 19.6 Å². The molecule has 0 aliphatic heterocycles. The summed E-state index contributed by atoms with van der Waals surface area (Å²) in [5.41, 5.74) is -0.101. The van der Waals surface area contributed by atoms with Gasteiger partial charge in [0.05, 0.1) is 7.11 Å². The molecule has 13 heavy (non-hydrogen) atoms. The minimum Gasteiger partial charge on any atom is -0.467 e. The summed E-state index contributed by atoms with van der Waals surface area (Å²) < 4.78 is 7.92. The lowest BCUT2D eigenvalue weighted by Crippen LogP contribution is -2.42. The van der Waals surface area contributed by atoms with Gasteiger partial charge in [-0.3, -0.25) is 0 Å². The van der Waals surface area contributed by atoms with E-state index in [1.54, 1.807) is 11.4 Å². The third-order valence-corrected chi connectivity index (χ3v) is 3.32. The Morgan fingerprint density at radius 1 is 1.38 bits per heavy atom. The van der Waals surface area contributed by atoms with Crippen molar-refractivity contribution in [3.63, 3.8) is 0 Å². The fourth-order valence-corrected chi connectivity index (χ4v) is 2.14. The zero-order valence-electron chi connectivity index (χ0n) is 8.66. The molecule has 0 spiro atoms. The van der Waals surface area contributed by atoms with E-state index >= 15 is 0 Å². The molecule has 0 bridgehead atoms. The number of ether oxygens (including phenoxy) is 1. The lowest BCUT2D eigenvalue weighted by atomic mass is 11.0. The molecule has 0 fully saturated rings. The highest BCUT2D eigenvalue weighted by atomic mass is 28.3. The zero-order valence-corrected chi connectivity index (χ0v) is 9.66. The van der Waals surface area contributed by atoms with Crippen LogP contribution >= 0.6 is 0 Å². The summed E-state index contributed by atoms with van der Waals surface area (Å²) in [4.78, 5) is 11.6. The molecule has 0 atom stereocenters. The van der Waals surface area contributed by atoms with E-state index in [-0.39, 0.29) is 5.69 Å². The summed E-state index contributed by atoms with van der Waals surface area (Å²) >= 11 is 0. The van der Waals surface area contributed by atoms with Crippen LogP contribution in [0.4, 0.5) is 0 Å². The summed E-state index contributed by atoms with van der Waals surface area (Å²) in [6.07, 6.45) is 0. The van der Waals surface area contributed by atoms with E-state index in [4.69, 9.17) is 4.74 Å². The van der Waals surface area contributed by atoms with Crippen LogP contribution in [0, 0.1) is 0 Å². The van der Waals surface area contributed by atoms with Gasteiger partial charge < -0.3 is 4.74 Å². The molecular formula is C7H15N3O2Si. The molecule has 74 valence electrons. The Kier molecular flexibility index (Phi) is 2.33. The maximum atomic E-state index is 11.6. The average molecular weight is 201 g/mol. The highest BCUT2D eigenvalue weighted by Gasteiger charge is 2.23. The van der Waals surface area contributed by atoms with Gasteiger partial charge in [-0.1, -0.05) is 0 Å². The summed E-state index contributed by atoms with van der Waals surface area (Å²) in [6, 6.07) is 0.368. The van der Waals surface area contributed by atoms with Crippen LogP contribution in [-0.4, -0.2) is 29.4 Å². The summed E-state index contributed by atoms with van der Waals surface area (Å²) in [5, 5.41) is 4.11. The summed E-state index contributed by atoms with van der Waals surface area (Å²) in [5.74, 6) is 0. The van der Waals surface area contributed by atoms with Crippen molar-refractivity contribution in [3.8, 4) is 6.01 Å². The van der Waals surface area contributed by atoms with E-state index in [9.17, 15) is 4.79 Å². The fraction of sp³-hybridized carbons (Fsp3) is 0.714. The van der Waals surface area contributed by atoms with Crippen molar-refractivity contribution in [1.29, 1.82) is 0 Å². The molecule has 0 radical (unpaired) electrons. The molecule has 0 unspecified atom stereocenters. The quantitative estimate of drug-likeness (QED) is 0.645. The maximum Gasteiger partial charge on any atom is 0.340 e. The molecule has 0 N–H and O–H groups in total. The number of methoxy groups -OCH3 is 1. The molecule has 1 aromatic rings. The molecular weight excluding hydrogens is 186 g/mol. The van der Waals surface area contributed by atoms with Crippen molar-refractivity contribution in [2.75, 3.05) is 7.11 Å². The predicted molar refractivity (Wildman–Crippen MR) is 52.8 cm³/mol. The first kappa shape index (κ1) is 10.0. The standard InChI is InChI=1S/C7H15N3O2Si/c1-9-6(12-2)8-10(7(9)11)13(3,4)5/h1-5H3. The Labute approximate surface area is 78.0 Å². The van der Waals surface area contributed by atoms with Gasteiger partial charge in [-0.15, -0.1) is 5.10 Å². The van der Waals surface area contributed by atoms with Crippen LogP contribution in [0.25, 0.3) is 0 Å². The van der Waals surface area contributed by atoms with Crippen LogP contribution in [0.1, 0.15) is 0 Å². The molecule has 5 nitrogen and oxygen atoms in total. The molecule has 1 aromatic heterocycles. The molecule has 6 heteroatoms. The Balaban J connectivity index is 3.34. The van der Waals surface area contributed by atoms with Gasteiger partial charge in [-0.05, 0) is 19.6 Å². The first-order valence-electron chi connectivity index (χ1n) is 4.08. The largest absolute Gasteiger partial charge is 0.467 e. The van der Waals surface area contributed by atoms with E-state index in [1.807, 2.05) is 0 Å². The molecule has 0 saturated heterocycles. The molecule has 1 heterocycles. The maximum absolute atomic E-state index is 11.6. The Hall–Kier alpha value is -1.04. The monoisotopic (exact) mass is 201 g/mol. The summed E-state index contributed by atoms with van der Waals surface area (Å²) in [6.45, 7) is 6.17. The SMILES string of the molecule is COc1nn([Si](C)(C)C)c(=O)n1C. The van der Waals surface area contributed by atoms with Crippen molar-refractivity contribution >= 4 is 8.24 Å². The Morgan fingerprint density at radius 2 is 1.92 bits per heavy atom. The number of hydrogen-bond acceptors (Lipinski definition) is 3. The topological polar surface area (TPSA) is 49.1 Å². The van der Waals surface area contributed by atoms with Gasteiger partial charge in [-0.2, -0.15) is 0 Å². The smallest absolute Gasteiger partial charge is 0.340 e. The van der Waals surface area contributed by atoms with Gasteiger partial charge in [0.25, 0.3) is 0 Å². The average Bonchev–Trinajstić information content (AvgIpc) is 2.28. The third-order valence-electron chi connectivity index (χ3n) is 1.76. The van der Waals surface area contributed by atoms with Gasteiger partial charge in [0, 0.05) is 7.05 Å². The molecule has 0 aliphatic carbocycles. The molecule has 0 aliphatic rings. The van der Waals surface area contributed by atoms with Crippen molar-refractivity contribution < 1.29 is 4.74 Å². The first-order chi connectivity index (χ1) is 5.88. The zero-order chi connectivity index (χ0) is 10.2. The minimum atomic E-state index is -1.71. The lowest BCUT2D eigenvalue weighted by molar-refractivity contribution is 0.362. The van der Waals surface area contributed by atoms with Gasteiger partial charge in [-0.25, -0.2) is 13.7 Å². The third kappa shape index (κ3) is 1.67. The molecule has 0 saturated carbocycles. The summed E-state index contributed by atoms with van der Waals surface area (Å²) in [7, 11) is 1.46. The number of hydrogen-bond donors (Lipinski definition) is 0. The highest BCUT2D eigenvalue weighted by molar-refractivity contribution is 6.74. The Morgan fingerprint density at radius 3 is 2.15 bits per heavy atom. The second-order valence-electron chi connectivity index (χ2n) is 3.91. The number of rotatable bonds is 2. The van der Waals surface area contributed by atoms with Gasteiger partial charge in [0.15, 0.2) is 8.24 Å². The molecule has 0 aromatic carbocycles. The van der Waals surface area contributed by atoms with Gasteiger partial charge in [0.1, 0.15) is 0 Å². The first-order valence-corrected chi connectivity index (χ1v) is 7.53. The van der Waals surface area contributed by atoms with Gasteiger partial charge >= 0.3 is 11.7 Å². The van der Waals surface area contributed by atoms with Crippen LogP contribution in [-0.2, 0) is 7.05 Å². The second-order valence-corrected chi connectivity index (χ2v) is 8.68. The Bertz CT molecular complexity index is 361. The highest BCUT2D eigenvalue weighted by Crippen LogP contribution is 2.05. The van der Waals surface area contributed by atoms with E-state index in [2.05, 4.69) is 24.7 Å². The second kappa shape index (κ2) is 3.02. The normalized spacial score (nSPS) is 11.8. The van der Waals surface area contributed by atoms with Gasteiger partial charge in [0.2, 0.25) is 0 Å². The fourth-order valence-electron chi connectivity index (χ4n) is 1.03. The van der Waals surface area contributed by atoms with E-state index in [0.717, 1.165) is 0 Å².